The normalized spacial score (nSPS) is 27.0. The summed E-state index contributed by atoms with van der Waals surface area (Å²) in [6.45, 7) is 10.5. The number of carbonyl (C=O) groups excluding carboxylic acids is 1. The van der Waals surface area contributed by atoms with Gasteiger partial charge in [-0.3, -0.25) is 19.6 Å². The Morgan fingerprint density at radius 2 is 1.60 bits per heavy atom. The number of hydrogen-bond donors (Lipinski definition) is 1. The van der Waals surface area contributed by atoms with Gasteiger partial charge in [0.25, 0.3) is 0 Å². The van der Waals surface area contributed by atoms with Crippen LogP contribution < -0.4 is 5.32 Å². The Labute approximate surface area is 199 Å². The van der Waals surface area contributed by atoms with Gasteiger partial charge in [-0.25, -0.2) is 0 Å². The van der Waals surface area contributed by atoms with Gasteiger partial charge in [0.15, 0.2) is 5.96 Å². The van der Waals surface area contributed by atoms with Gasteiger partial charge in [0.1, 0.15) is 0 Å². The highest BCUT2D eigenvalue weighted by Gasteiger charge is 2.31. The summed E-state index contributed by atoms with van der Waals surface area (Å²) in [5.41, 5.74) is 0. The van der Waals surface area contributed by atoms with Crippen molar-refractivity contribution in [3.05, 3.63) is 0 Å². The van der Waals surface area contributed by atoms with E-state index in [4.69, 9.17) is 0 Å². The average molecular weight is 533 g/mol. The minimum Gasteiger partial charge on any atom is -0.355 e. The van der Waals surface area contributed by atoms with Crippen LogP contribution in [-0.4, -0.2) is 110 Å². The number of rotatable bonds is 5. The Bertz CT molecular complexity index is 568. The van der Waals surface area contributed by atoms with Gasteiger partial charge in [0, 0.05) is 71.4 Å². The molecule has 1 unspecified atom stereocenters. The van der Waals surface area contributed by atoms with Gasteiger partial charge in [0.05, 0.1) is 0 Å². The molecule has 1 saturated carbocycles. The topological polar surface area (TPSA) is 54.4 Å². The predicted octanol–water partition coefficient (Wildman–Crippen LogP) is 1.68. The quantitative estimate of drug-likeness (QED) is 0.332. The predicted molar refractivity (Wildman–Crippen MR) is 133 cm³/mol. The van der Waals surface area contributed by atoms with Crippen molar-refractivity contribution in [2.24, 2.45) is 10.9 Å². The molecule has 0 aromatic carbocycles. The summed E-state index contributed by atoms with van der Waals surface area (Å²) >= 11 is 0. The number of aliphatic imine (C=N–C) groups is 1. The lowest BCUT2D eigenvalue weighted by molar-refractivity contribution is -0.137. The first kappa shape index (κ1) is 24.0. The maximum atomic E-state index is 12.6. The zero-order valence-electron chi connectivity index (χ0n) is 18.7. The fraction of sp³-hybridized carbons (Fsp3) is 0.909. The average Bonchev–Trinajstić information content (AvgIpc) is 3.52. The molecular formula is C22H41IN6O. The van der Waals surface area contributed by atoms with Gasteiger partial charge in [0.2, 0.25) is 5.91 Å². The minimum absolute atomic E-state index is 0. The van der Waals surface area contributed by atoms with E-state index in [1.165, 1.54) is 45.2 Å². The molecule has 1 N–H and O–H groups in total. The highest BCUT2D eigenvalue weighted by atomic mass is 127. The molecule has 3 saturated heterocycles. The number of likely N-dealkylation sites (tertiary alicyclic amines) is 2. The molecule has 0 radical (unpaired) electrons. The summed E-state index contributed by atoms with van der Waals surface area (Å²) in [7, 11) is 1.90. The van der Waals surface area contributed by atoms with E-state index in [-0.39, 0.29) is 24.0 Å². The third-order valence-corrected chi connectivity index (χ3v) is 7.43. The van der Waals surface area contributed by atoms with Crippen molar-refractivity contribution >= 4 is 35.8 Å². The van der Waals surface area contributed by atoms with E-state index in [2.05, 4.69) is 29.9 Å². The molecule has 0 aromatic rings. The van der Waals surface area contributed by atoms with Crippen molar-refractivity contribution < 1.29 is 4.79 Å². The lowest BCUT2D eigenvalue weighted by atomic mass is 10.1. The van der Waals surface area contributed by atoms with Crippen LogP contribution in [-0.2, 0) is 4.79 Å². The van der Waals surface area contributed by atoms with Crippen molar-refractivity contribution in [3.63, 3.8) is 0 Å². The van der Waals surface area contributed by atoms with Crippen LogP contribution in [0.15, 0.2) is 4.99 Å². The summed E-state index contributed by atoms with van der Waals surface area (Å²) in [5, 5.41) is 3.58. The molecule has 172 valence electrons. The van der Waals surface area contributed by atoms with E-state index in [0.29, 0.717) is 17.9 Å². The van der Waals surface area contributed by atoms with Gasteiger partial charge < -0.3 is 15.1 Å². The zero-order chi connectivity index (χ0) is 20.1. The van der Waals surface area contributed by atoms with Crippen LogP contribution in [0, 0.1) is 5.92 Å². The van der Waals surface area contributed by atoms with Crippen LogP contribution in [0.25, 0.3) is 0 Å². The summed E-state index contributed by atoms with van der Waals surface area (Å²) in [5.74, 6) is 1.79. The molecule has 4 fully saturated rings. The molecule has 30 heavy (non-hydrogen) atoms. The van der Waals surface area contributed by atoms with Gasteiger partial charge in [-0.2, -0.15) is 0 Å². The van der Waals surface area contributed by atoms with Crippen molar-refractivity contribution in [1.82, 2.24) is 24.9 Å². The third kappa shape index (κ3) is 6.00. The van der Waals surface area contributed by atoms with Crippen molar-refractivity contribution in [2.75, 3.05) is 72.5 Å². The van der Waals surface area contributed by atoms with Crippen LogP contribution in [0.3, 0.4) is 0 Å². The summed E-state index contributed by atoms with van der Waals surface area (Å²) in [4.78, 5) is 26.8. The third-order valence-electron chi connectivity index (χ3n) is 7.43. The van der Waals surface area contributed by atoms with Crippen molar-refractivity contribution in [2.45, 2.75) is 51.0 Å². The van der Waals surface area contributed by atoms with Crippen LogP contribution in [0.1, 0.15) is 44.9 Å². The Morgan fingerprint density at radius 3 is 2.27 bits per heavy atom. The Morgan fingerprint density at radius 1 is 0.900 bits per heavy atom. The summed E-state index contributed by atoms with van der Waals surface area (Å²) < 4.78 is 0. The Hall–Kier alpha value is -0.610. The number of nitrogens with zero attached hydrogens (tertiary/aromatic N) is 5. The highest BCUT2D eigenvalue weighted by molar-refractivity contribution is 14.0. The maximum Gasteiger partial charge on any atom is 0.225 e. The summed E-state index contributed by atoms with van der Waals surface area (Å²) in [6.07, 6.45) is 8.68. The molecule has 4 rings (SSSR count). The number of halogens is 1. The van der Waals surface area contributed by atoms with Crippen LogP contribution in [0.5, 0.6) is 0 Å². The first-order chi connectivity index (χ1) is 14.2. The Balaban J connectivity index is 0.00000256. The first-order valence-corrected chi connectivity index (χ1v) is 12.0. The summed E-state index contributed by atoms with van der Waals surface area (Å²) in [6, 6.07) is 0.710. The van der Waals surface area contributed by atoms with Crippen molar-refractivity contribution in [1.29, 1.82) is 0 Å². The highest BCUT2D eigenvalue weighted by Crippen LogP contribution is 2.27. The smallest absolute Gasteiger partial charge is 0.225 e. The molecule has 0 bridgehead atoms. The largest absolute Gasteiger partial charge is 0.355 e. The van der Waals surface area contributed by atoms with Crippen LogP contribution in [0.2, 0.25) is 0 Å². The molecule has 7 nitrogen and oxygen atoms in total. The van der Waals surface area contributed by atoms with Crippen LogP contribution >= 0.6 is 24.0 Å². The van der Waals surface area contributed by atoms with E-state index in [1.54, 1.807) is 0 Å². The fourth-order valence-corrected chi connectivity index (χ4v) is 5.62. The van der Waals surface area contributed by atoms with Gasteiger partial charge in [-0.15, -0.1) is 24.0 Å². The number of carbonyl (C=O) groups is 1. The van der Waals surface area contributed by atoms with Crippen molar-refractivity contribution in [3.8, 4) is 0 Å². The lowest BCUT2D eigenvalue weighted by Crippen LogP contribution is -2.52. The molecule has 1 atom stereocenters. The van der Waals surface area contributed by atoms with Gasteiger partial charge >= 0.3 is 0 Å². The SMILES string of the molecule is CN=C(NCCN1CCN(C(=O)C2CCCC2)CC1)N1CCC(N2CCCC2)C1.I. The Kier molecular flexibility index (Phi) is 9.50. The molecule has 8 heteroatoms. The standard InChI is InChI=1S/C22H40N6O.HI/c1-23-22(28-12-8-20(18-28)26-10-4-5-11-26)24-9-13-25-14-16-27(17-15-25)21(29)19-6-2-3-7-19;/h19-20H,2-18H2,1H3,(H,23,24);1H. The molecule has 0 aromatic heterocycles. The fourth-order valence-electron chi connectivity index (χ4n) is 5.62. The number of nitrogens with one attached hydrogen (secondary N) is 1. The van der Waals surface area contributed by atoms with E-state index < -0.39 is 0 Å². The zero-order valence-corrected chi connectivity index (χ0v) is 21.1. The molecule has 0 spiro atoms. The number of hydrogen-bond acceptors (Lipinski definition) is 4. The molecule has 1 amide bonds. The van der Waals surface area contributed by atoms with Gasteiger partial charge in [-0.05, 0) is 45.2 Å². The molecule has 1 aliphatic carbocycles. The monoisotopic (exact) mass is 532 g/mol. The maximum absolute atomic E-state index is 12.6. The van der Waals surface area contributed by atoms with Crippen LogP contribution in [0.4, 0.5) is 0 Å². The molecule has 3 heterocycles. The second kappa shape index (κ2) is 11.9. The minimum atomic E-state index is 0. The van der Waals surface area contributed by atoms with E-state index in [0.717, 1.165) is 71.2 Å². The number of amides is 1. The van der Waals surface area contributed by atoms with E-state index in [9.17, 15) is 4.79 Å². The second-order valence-electron chi connectivity index (χ2n) is 9.25. The van der Waals surface area contributed by atoms with E-state index >= 15 is 0 Å². The molecule has 4 aliphatic rings. The van der Waals surface area contributed by atoms with Gasteiger partial charge in [-0.1, -0.05) is 12.8 Å². The number of guanidine groups is 1. The first-order valence-electron chi connectivity index (χ1n) is 12.0. The second-order valence-corrected chi connectivity index (χ2v) is 9.25. The molecule has 3 aliphatic heterocycles. The van der Waals surface area contributed by atoms with E-state index in [1.807, 2.05) is 7.05 Å². The lowest BCUT2D eigenvalue weighted by Gasteiger charge is -2.36. The number of piperazine rings is 1. The molecular weight excluding hydrogens is 491 g/mol.